The van der Waals surface area contributed by atoms with E-state index in [2.05, 4.69) is 11.4 Å². The predicted octanol–water partition coefficient (Wildman–Crippen LogP) is 3.88. The average molecular weight is 418 g/mol. The number of anilines is 1. The van der Waals surface area contributed by atoms with Crippen molar-refractivity contribution in [3.05, 3.63) is 57.6 Å². The summed E-state index contributed by atoms with van der Waals surface area (Å²) in [6.45, 7) is 3.62. The molecule has 0 aliphatic carbocycles. The van der Waals surface area contributed by atoms with Crippen molar-refractivity contribution >= 4 is 35.0 Å². The molecule has 1 N–H and O–H groups in total. The molecule has 0 heterocycles. The van der Waals surface area contributed by atoms with Crippen LogP contribution in [0.15, 0.2) is 41.3 Å². The lowest BCUT2D eigenvalue weighted by molar-refractivity contribution is -0.384. The van der Waals surface area contributed by atoms with Crippen molar-refractivity contribution in [2.24, 2.45) is 0 Å². The molecule has 2 aromatic rings. The fourth-order valence-corrected chi connectivity index (χ4v) is 3.29. The van der Waals surface area contributed by atoms with Gasteiger partial charge >= 0.3 is 5.97 Å². The van der Waals surface area contributed by atoms with E-state index in [0.29, 0.717) is 5.75 Å². The molecule has 0 aliphatic rings. The van der Waals surface area contributed by atoms with Gasteiger partial charge in [0.25, 0.3) is 11.6 Å². The maximum absolute atomic E-state index is 12.0. The Morgan fingerprint density at radius 2 is 1.90 bits per heavy atom. The fourth-order valence-electron chi connectivity index (χ4n) is 2.36. The molecule has 2 rings (SSSR count). The van der Waals surface area contributed by atoms with E-state index < -0.39 is 23.4 Å². The van der Waals surface area contributed by atoms with E-state index in [9.17, 15) is 19.7 Å². The highest BCUT2D eigenvalue weighted by atomic mass is 32.2. The molecule has 0 saturated heterocycles. The number of carbonyl (C=O) groups is 2. The van der Waals surface area contributed by atoms with E-state index in [1.165, 1.54) is 36.4 Å². The highest BCUT2D eigenvalue weighted by Crippen LogP contribution is 2.29. The fraction of sp³-hybridized carbons (Fsp3) is 0.300. The third kappa shape index (κ3) is 6.79. The maximum Gasteiger partial charge on any atom is 0.307 e. The van der Waals surface area contributed by atoms with Gasteiger partial charge in [0.2, 0.25) is 0 Å². The van der Waals surface area contributed by atoms with Crippen molar-refractivity contribution < 1.29 is 24.0 Å². The van der Waals surface area contributed by atoms with Crippen molar-refractivity contribution in [1.29, 1.82) is 0 Å². The number of amides is 1. The van der Waals surface area contributed by atoms with Crippen LogP contribution in [-0.4, -0.2) is 36.3 Å². The summed E-state index contributed by atoms with van der Waals surface area (Å²) >= 11 is 1.54. The Morgan fingerprint density at radius 3 is 2.55 bits per heavy atom. The zero-order valence-electron chi connectivity index (χ0n) is 16.4. The van der Waals surface area contributed by atoms with E-state index in [1.54, 1.807) is 11.8 Å². The smallest absolute Gasteiger partial charge is 0.307 e. The predicted molar refractivity (Wildman–Crippen MR) is 110 cm³/mol. The standard InChI is InChI=1S/C20H22N2O6S/c1-13-4-6-16(10-14(13)2)29-9-8-20(24)28-12-19(23)21-17-7-5-15(22(25)26)11-18(17)27-3/h4-7,10-11H,8-9,12H2,1-3H3,(H,21,23). The normalized spacial score (nSPS) is 10.3. The largest absolute Gasteiger partial charge is 0.494 e. The van der Waals surface area contributed by atoms with Gasteiger partial charge in [-0.25, -0.2) is 0 Å². The van der Waals surface area contributed by atoms with Crippen LogP contribution in [0.5, 0.6) is 5.75 Å². The summed E-state index contributed by atoms with van der Waals surface area (Å²) in [5.41, 5.74) is 2.50. The van der Waals surface area contributed by atoms with Gasteiger partial charge in [0, 0.05) is 16.7 Å². The number of nitrogens with zero attached hydrogens (tertiary/aromatic N) is 1. The molecule has 0 bridgehead atoms. The number of hydrogen-bond donors (Lipinski definition) is 1. The van der Waals surface area contributed by atoms with Gasteiger partial charge in [0.1, 0.15) is 5.75 Å². The first-order valence-corrected chi connectivity index (χ1v) is 9.76. The van der Waals surface area contributed by atoms with Crippen molar-refractivity contribution in [3.63, 3.8) is 0 Å². The number of thioether (sulfide) groups is 1. The van der Waals surface area contributed by atoms with Crippen molar-refractivity contribution in [1.82, 2.24) is 0 Å². The third-order valence-corrected chi connectivity index (χ3v) is 5.08. The quantitative estimate of drug-likeness (QED) is 0.285. The van der Waals surface area contributed by atoms with E-state index in [0.717, 1.165) is 4.90 Å². The first kappa shape index (κ1) is 22.2. The lowest BCUT2D eigenvalue weighted by Gasteiger charge is -2.10. The molecule has 1 amide bonds. The molecule has 2 aromatic carbocycles. The molecule has 29 heavy (non-hydrogen) atoms. The van der Waals surface area contributed by atoms with Gasteiger partial charge in [-0.05, 0) is 43.2 Å². The minimum Gasteiger partial charge on any atom is -0.494 e. The number of benzene rings is 2. The molecule has 8 nitrogen and oxygen atoms in total. The Hall–Kier alpha value is -3.07. The van der Waals surface area contributed by atoms with Gasteiger partial charge in [-0.2, -0.15) is 0 Å². The second kappa shape index (κ2) is 10.5. The minimum atomic E-state index is -0.564. The SMILES string of the molecule is COc1cc([N+](=O)[O-])ccc1NC(=O)COC(=O)CCSc1ccc(C)c(C)c1. The Labute approximate surface area is 172 Å². The third-order valence-electron chi connectivity index (χ3n) is 4.09. The van der Waals surface area contributed by atoms with E-state index in [-0.39, 0.29) is 23.5 Å². The lowest BCUT2D eigenvalue weighted by Crippen LogP contribution is -2.21. The lowest BCUT2D eigenvalue weighted by atomic mass is 10.1. The van der Waals surface area contributed by atoms with Crippen LogP contribution in [0.4, 0.5) is 11.4 Å². The van der Waals surface area contributed by atoms with Crippen LogP contribution in [0.3, 0.4) is 0 Å². The van der Waals surface area contributed by atoms with Crippen LogP contribution in [0, 0.1) is 24.0 Å². The van der Waals surface area contributed by atoms with Gasteiger partial charge in [-0.3, -0.25) is 19.7 Å². The van der Waals surface area contributed by atoms with Crippen LogP contribution < -0.4 is 10.1 Å². The highest BCUT2D eigenvalue weighted by Gasteiger charge is 2.14. The van der Waals surface area contributed by atoms with E-state index in [4.69, 9.17) is 9.47 Å². The summed E-state index contributed by atoms with van der Waals surface area (Å²) in [6, 6.07) is 9.91. The molecule has 0 fully saturated rings. The number of nitrogens with one attached hydrogen (secondary N) is 1. The Balaban J connectivity index is 1.77. The molecule has 0 aliphatic heterocycles. The Kier molecular flexibility index (Phi) is 8.02. The summed E-state index contributed by atoms with van der Waals surface area (Å²) in [5.74, 6) is -0.359. The number of non-ortho nitro benzene ring substituents is 1. The van der Waals surface area contributed by atoms with Gasteiger partial charge in [-0.15, -0.1) is 11.8 Å². The Morgan fingerprint density at radius 1 is 1.14 bits per heavy atom. The molecule has 0 atom stereocenters. The zero-order chi connectivity index (χ0) is 21.4. The number of esters is 1. The number of nitro benzene ring substituents is 1. The highest BCUT2D eigenvalue weighted by molar-refractivity contribution is 7.99. The second-order valence-electron chi connectivity index (χ2n) is 6.20. The van der Waals surface area contributed by atoms with Crippen LogP contribution in [-0.2, 0) is 14.3 Å². The van der Waals surface area contributed by atoms with Gasteiger partial charge in [-0.1, -0.05) is 6.07 Å². The summed E-state index contributed by atoms with van der Waals surface area (Å²) < 4.78 is 10.0. The second-order valence-corrected chi connectivity index (χ2v) is 7.36. The topological polar surface area (TPSA) is 108 Å². The van der Waals surface area contributed by atoms with Crippen LogP contribution in [0.2, 0.25) is 0 Å². The number of hydrogen-bond acceptors (Lipinski definition) is 7. The number of rotatable bonds is 9. The summed E-state index contributed by atoms with van der Waals surface area (Å²) in [7, 11) is 1.34. The summed E-state index contributed by atoms with van der Waals surface area (Å²) in [6.07, 6.45) is 0.172. The molecule has 0 radical (unpaired) electrons. The first-order valence-electron chi connectivity index (χ1n) is 8.78. The first-order chi connectivity index (χ1) is 13.8. The summed E-state index contributed by atoms with van der Waals surface area (Å²) in [4.78, 5) is 35.1. The summed E-state index contributed by atoms with van der Waals surface area (Å²) in [5, 5.41) is 13.3. The molecule has 0 aromatic heterocycles. The minimum absolute atomic E-state index is 0.142. The van der Waals surface area contributed by atoms with Gasteiger partial charge in [0.05, 0.1) is 30.2 Å². The number of ether oxygens (including phenoxy) is 2. The monoisotopic (exact) mass is 418 g/mol. The number of carbonyl (C=O) groups excluding carboxylic acids is 2. The number of aryl methyl sites for hydroxylation is 2. The molecule has 154 valence electrons. The van der Waals surface area contributed by atoms with Crippen LogP contribution >= 0.6 is 11.8 Å². The Bertz CT molecular complexity index is 916. The van der Waals surface area contributed by atoms with Crippen molar-refractivity contribution in [2.45, 2.75) is 25.2 Å². The van der Waals surface area contributed by atoms with Crippen LogP contribution in [0.1, 0.15) is 17.5 Å². The van der Waals surface area contributed by atoms with Gasteiger partial charge < -0.3 is 14.8 Å². The van der Waals surface area contributed by atoms with Gasteiger partial charge in [0.15, 0.2) is 6.61 Å². The molecular formula is C20H22N2O6S. The van der Waals surface area contributed by atoms with Crippen molar-refractivity contribution in [2.75, 3.05) is 24.8 Å². The molecule has 9 heteroatoms. The van der Waals surface area contributed by atoms with Crippen LogP contribution in [0.25, 0.3) is 0 Å². The molecule has 0 spiro atoms. The average Bonchev–Trinajstić information content (AvgIpc) is 2.69. The molecule has 0 unspecified atom stereocenters. The van der Waals surface area contributed by atoms with E-state index in [1.807, 2.05) is 26.0 Å². The number of nitro groups is 1. The molecule has 0 saturated carbocycles. The van der Waals surface area contributed by atoms with Crippen molar-refractivity contribution in [3.8, 4) is 5.75 Å². The molecular weight excluding hydrogens is 396 g/mol. The maximum atomic E-state index is 12.0. The zero-order valence-corrected chi connectivity index (χ0v) is 17.2. The van der Waals surface area contributed by atoms with E-state index >= 15 is 0 Å². The number of methoxy groups -OCH3 is 1.